The fraction of sp³-hybridized carbons (Fsp3) is 0.704. The van der Waals surface area contributed by atoms with E-state index in [1.807, 2.05) is 18.2 Å². The number of benzene rings is 1. The van der Waals surface area contributed by atoms with Crippen LogP contribution < -0.4 is 11.1 Å². The van der Waals surface area contributed by atoms with Gasteiger partial charge in [0.2, 0.25) is 11.8 Å². The molecule has 8 heteroatoms. The Hall–Kier alpha value is -2.00. The van der Waals surface area contributed by atoms with E-state index in [-0.39, 0.29) is 17.9 Å². The highest BCUT2D eigenvalue weighted by Crippen LogP contribution is 2.61. The van der Waals surface area contributed by atoms with Gasteiger partial charge in [-0.05, 0) is 74.2 Å². The lowest BCUT2D eigenvalue weighted by atomic mass is 9.56. The Labute approximate surface area is 207 Å². The topological polar surface area (TPSA) is 108 Å². The number of nitrogens with one attached hydrogen (secondary N) is 1. The Morgan fingerprint density at radius 3 is 2.71 bits per heavy atom. The lowest BCUT2D eigenvalue weighted by Crippen LogP contribution is -2.69. The zero-order chi connectivity index (χ0) is 24.2. The first-order valence-electron chi connectivity index (χ1n) is 13.4. The molecule has 1 aromatic carbocycles. The number of amides is 2. The molecule has 2 amide bonds. The Morgan fingerprint density at radius 2 is 1.97 bits per heavy atom. The van der Waals surface area contributed by atoms with Crippen LogP contribution in [0.4, 0.5) is 0 Å². The molecule has 1 aromatic rings. The summed E-state index contributed by atoms with van der Waals surface area (Å²) in [5.41, 5.74) is 6.87. The van der Waals surface area contributed by atoms with Gasteiger partial charge < -0.3 is 20.9 Å². The predicted molar refractivity (Wildman–Crippen MR) is 131 cm³/mol. The first kappa shape index (κ1) is 23.4. The summed E-state index contributed by atoms with van der Waals surface area (Å²) < 4.78 is 5.41. The third kappa shape index (κ3) is 3.99. The van der Waals surface area contributed by atoms with Crippen LogP contribution >= 0.6 is 0 Å². The molecule has 0 radical (unpaired) electrons. The number of primary amides is 1. The van der Waals surface area contributed by atoms with Crippen molar-refractivity contribution in [3.63, 3.8) is 0 Å². The van der Waals surface area contributed by atoms with Crippen LogP contribution in [0.1, 0.15) is 53.6 Å². The molecular formula is C27H38N4O4. The highest BCUT2D eigenvalue weighted by atomic mass is 16.5. The van der Waals surface area contributed by atoms with Crippen LogP contribution in [0.25, 0.3) is 0 Å². The van der Waals surface area contributed by atoms with Crippen molar-refractivity contribution in [3.05, 3.63) is 34.9 Å². The van der Waals surface area contributed by atoms with Gasteiger partial charge in [0.25, 0.3) is 0 Å². The van der Waals surface area contributed by atoms with Crippen LogP contribution in [-0.4, -0.2) is 90.8 Å². The smallest absolute Gasteiger partial charge is 0.248 e. The molecule has 2 heterocycles. The number of hydrogen-bond acceptors (Lipinski definition) is 6. The highest BCUT2D eigenvalue weighted by molar-refractivity contribution is 5.93. The normalized spacial score (nSPS) is 34.8. The Bertz CT molecular complexity index is 1010. The van der Waals surface area contributed by atoms with E-state index in [9.17, 15) is 14.7 Å². The number of hydrogen-bond donors (Lipinski definition) is 3. The number of morpholine rings is 1. The van der Waals surface area contributed by atoms with Gasteiger partial charge in [0.05, 0.1) is 18.8 Å². The molecule has 8 nitrogen and oxygen atoms in total. The van der Waals surface area contributed by atoms with Crippen molar-refractivity contribution in [1.29, 1.82) is 0 Å². The maximum Gasteiger partial charge on any atom is 0.248 e. The van der Waals surface area contributed by atoms with Crippen LogP contribution in [0.3, 0.4) is 0 Å². The van der Waals surface area contributed by atoms with Crippen molar-refractivity contribution in [2.24, 2.45) is 17.6 Å². The number of aliphatic hydroxyl groups is 1. The number of carbonyl (C=O) groups is 2. The molecule has 2 saturated carbocycles. The van der Waals surface area contributed by atoms with Crippen LogP contribution in [0.2, 0.25) is 0 Å². The van der Waals surface area contributed by atoms with Crippen molar-refractivity contribution in [3.8, 4) is 0 Å². The molecule has 5 aliphatic rings. The first-order chi connectivity index (χ1) is 16.9. The molecule has 6 rings (SSSR count). The number of fused-ring (bicyclic) bond motifs is 1. The summed E-state index contributed by atoms with van der Waals surface area (Å²) in [5.74, 6) is 0.0977. The zero-order valence-electron chi connectivity index (χ0n) is 20.5. The lowest BCUT2D eigenvalue weighted by Gasteiger charge is -2.59. The second-order valence-electron chi connectivity index (χ2n) is 11.5. The van der Waals surface area contributed by atoms with Gasteiger partial charge >= 0.3 is 0 Å². The summed E-state index contributed by atoms with van der Waals surface area (Å²) >= 11 is 0. The number of piperidine rings is 1. The molecule has 0 aromatic heterocycles. The predicted octanol–water partition coefficient (Wildman–Crippen LogP) is 0.653. The van der Waals surface area contributed by atoms with E-state index in [0.29, 0.717) is 24.9 Å². The Morgan fingerprint density at radius 1 is 1.17 bits per heavy atom. The van der Waals surface area contributed by atoms with E-state index in [0.717, 1.165) is 70.3 Å². The van der Waals surface area contributed by atoms with E-state index in [2.05, 4.69) is 15.1 Å². The number of rotatable bonds is 7. The molecule has 2 aliphatic heterocycles. The standard InChI is InChI=1S/C27H38N4O4/c28-24(32)20-4-3-19-14-23-27(34)16-21(25(33)29-6-8-30-9-11-35-12-10-30)15-26(27,22(19)13-20)5-7-31(23)17-18-1-2-18/h3-4,13,18,21,23,34H,1-2,5-12,14-17H2,(H2,28,32)(H,29,33)/t21?,23-,26-,27-/m1/s1. The van der Waals surface area contributed by atoms with E-state index < -0.39 is 16.9 Å². The summed E-state index contributed by atoms with van der Waals surface area (Å²) in [4.78, 5) is 30.2. The number of likely N-dealkylation sites (tertiary alicyclic amines) is 1. The quantitative estimate of drug-likeness (QED) is 0.527. The number of nitrogens with two attached hydrogens (primary N) is 1. The van der Waals surface area contributed by atoms with Gasteiger partial charge in [0.15, 0.2) is 0 Å². The molecule has 4 atom stereocenters. The molecular weight excluding hydrogens is 444 g/mol. The number of ether oxygens (including phenoxy) is 1. The Kier molecular flexibility index (Phi) is 5.91. The molecule has 190 valence electrons. The largest absolute Gasteiger partial charge is 0.387 e. The average Bonchev–Trinajstić information content (AvgIpc) is 3.60. The summed E-state index contributed by atoms with van der Waals surface area (Å²) in [6.07, 6.45) is 5.21. The van der Waals surface area contributed by atoms with Crippen molar-refractivity contribution in [2.75, 3.05) is 52.5 Å². The minimum atomic E-state index is -0.977. The van der Waals surface area contributed by atoms with E-state index >= 15 is 0 Å². The van der Waals surface area contributed by atoms with Crippen molar-refractivity contribution < 1.29 is 19.4 Å². The van der Waals surface area contributed by atoms with Crippen LogP contribution in [0.15, 0.2) is 18.2 Å². The maximum absolute atomic E-state index is 13.4. The second kappa shape index (κ2) is 8.83. The van der Waals surface area contributed by atoms with Crippen LogP contribution in [0.5, 0.6) is 0 Å². The molecule has 3 aliphatic carbocycles. The van der Waals surface area contributed by atoms with E-state index in [1.165, 1.54) is 18.4 Å². The monoisotopic (exact) mass is 482 g/mol. The van der Waals surface area contributed by atoms with Gasteiger partial charge in [-0.1, -0.05) is 6.07 Å². The van der Waals surface area contributed by atoms with Crippen molar-refractivity contribution >= 4 is 11.8 Å². The summed E-state index contributed by atoms with van der Waals surface area (Å²) in [5, 5.41) is 15.6. The molecule has 1 unspecified atom stereocenters. The zero-order valence-corrected chi connectivity index (χ0v) is 20.5. The highest BCUT2D eigenvalue weighted by Gasteiger charge is 2.68. The van der Waals surface area contributed by atoms with E-state index in [4.69, 9.17) is 10.5 Å². The van der Waals surface area contributed by atoms with Gasteiger partial charge in [-0.3, -0.25) is 19.4 Å². The van der Waals surface area contributed by atoms with Gasteiger partial charge in [0, 0.05) is 55.7 Å². The minimum Gasteiger partial charge on any atom is -0.387 e. The maximum atomic E-state index is 13.4. The molecule has 2 saturated heterocycles. The fourth-order valence-electron chi connectivity index (χ4n) is 7.49. The van der Waals surface area contributed by atoms with Crippen LogP contribution in [0, 0.1) is 11.8 Å². The number of carbonyl (C=O) groups excluding carboxylic acids is 2. The Balaban J connectivity index is 1.26. The summed E-state index contributed by atoms with van der Waals surface area (Å²) in [6, 6.07) is 5.76. The van der Waals surface area contributed by atoms with Crippen LogP contribution in [-0.2, 0) is 21.4 Å². The van der Waals surface area contributed by atoms with E-state index in [1.54, 1.807) is 0 Å². The van der Waals surface area contributed by atoms with Gasteiger partial charge in [-0.15, -0.1) is 0 Å². The summed E-state index contributed by atoms with van der Waals surface area (Å²) in [6.45, 7) is 6.69. The number of nitrogens with zero attached hydrogens (tertiary/aromatic N) is 2. The molecule has 4 N–H and O–H groups in total. The second-order valence-corrected chi connectivity index (χ2v) is 11.5. The molecule has 35 heavy (non-hydrogen) atoms. The molecule has 2 bridgehead atoms. The van der Waals surface area contributed by atoms with Gasteiger partial charge in [-0.2, -0.15) is 0 Å². The average molecular weight is 483 g/mol. The van der Waals surface area contributed by atoms with Crippen molar-refractivity contribution in [1.82, 2.24) is 15.1 Å². The first-order valence-corrected chi connectivity index (χ1v) is 13.4. The molecule has 0 spiro atoms. The van der Waals surface area contributed by atoms with Crippen molar-refractivity contribution in [2.45, 2.75) is 55.6 Å². The van der Waals surface area contributed by atoms with Gasteiger partial charge in [0.1, 0.15) is 0 Å². The molecule has 4 fully saturated rings. The third-order valence-electron chi connectivity index (χ3n) is 9.51. The SMILES string of the molecule is NC(=O)c1ccc2c(c1)[C@]13CCN(CC4CC4)[C@H](C2)[C@]1(O)CC(C(=O)NCCN1CCOCC1)C3. The minimum absolute atomic E-state index is 0.00919. The van der Waals surface area contributed by atoms with Gasteiger partial charge in [-0.25, -0.2) is 0 Å². The lowest BCUT2D eigenvalue weighted by molar-refractivity contribution is -0.134. The summed E-state index contributed by atoms with van der Waals surface area (Å²) in [7, 11) is 0. The fourth-order valence-corrected chi connectivity index (χ4v) is 7.49. The third-order valence-corrected chi connectivity index (χ3v) is 9.51.